The van der Waals surface area contributed by atoms with E-state index < -0.39 is 0 Å². The molecule has 2 atom stereocenters. The van der Waals surface area contributed by atoms with E-state index >= 15 is 0 Å². The van der Waals surface area contributed by atoms with Gasteiger partial charge in [-0.15, -0.1) is 23.7 Å². The van der Waals surface area contributed by atoms with Crippen molar-refractivity contribution in [1.29, 1.82) is 0 Å². The number of amides is 1. The number of rotatable bonds is 3. The molecule has 1 aromatic heterocycles. The van der Waals surface area contributed by atoms with Gasteiger partial charge in [-0.25, -0.2) is 0 Å². The molecule has 1 aliphatic rings. The topological polar surface area (TPSA) is 46.3 Å². The minimum Gasteiger partial charge on any atom is -0.338 e. The summed E-state index contributed by atoms with van der Waals surface area (Å²) >= 11 is 5.01. The van der Waals surface area contributed by atoms with Crippen LogP contribution in [0.25, 0.3) is 10.4 Å². The van der Waals surface area contributed by atoms with Gasteiger partial charge in [-0.2, -0.15) is 0 Å². The third kappa shape index (κ3) is 4.39. The van der Waals surface area contributed by atoms with Crippen LogP contribution < -0.4 is 5.73 Å². The normalized spacial score (nSPS) is 18.8. The van der Waals surface area contributed by atoms with Crippen molar-refractivity contribution in [3.05, 3.63) is 45.7 Å². The van der Waals surface area contributed by atoms with Crippen molar-refractivity contribution in [2.45, 2.75) is 25.8 Å². The number of nitrogens with two attached hydrogens (primary N) is 1. The summed E-state index contributed by atoms with van der Waals surface area (Å²) in [7, 11) is 0. The van der Waals surface area contributed by atoms with Crippen molar-refractivity contribution in [3.8, 4) is 10.4 Å². The Hall–Kier alpha value is -0.880. The van der Waals surface area contributed by atoms with Crippen LogP contribution in [0.1, 0.15) is 29.4 Å². The number of likely N-dealkylation sites (tertiary alicyclic amines) is 1. The highest BCUT2D eigenvalue weighted by Gasteiger charge is 2.27. The number of benzene rings is 1. The average molecular weight is 430 g/mol. The van der Waals surface area contributed by atoms with Gasteiger partial charge in [0.25, 0.3) is 5.91 Å². The molecule has 2 N–H and O–H groups in total. The van der Waals surface area contributed by atoms with Crippen molar-refractivity contribution in [2.24, 2.45) is 11.7 Å². The molecule has 24 heavy (non-hydrogen) atoms. The van der Waals surface area contributed by atoms with Gasteiger partial charge in [0.15, 0.2) is 0 Å². The van der Waals surface area contributed by atoms with E-state index in [-0.39, 0.29) is 24.4 Å². The van der Waals surface area contributed by atoms with Crippen molar-refractivity contribution in [2.75, 3.05) is 13.1 Å². The third-order valence-electron chi connectivity index (χ3n) is 4.43. The fraction of sp³-hybridized carbons (Fsp3) is 0.389. The zero-order valence-electron chi connectivity index (χ0n) is 13.6. The molecule has 0 spiro atoms. The molecule has 0 bridgehead atoms. The maximum absolute atomic E-state index is 12.8. The van der Waals surface area contributed by atoms with Crippen LogP contribution >= 0.6 is 39.7 Å². The summed E-state index contributed by atoms with van der Waals surface area (Å²) in [5.41, 5.74) is 7.16. The van der Waals surface area contributed by atoms with Crippen LogP contribution in [0.5, 0.6) is 0 Å². The Morgan fingerprint density at radius 2 is 2.00 bits per heavy atom. The number of halogens is 2. The second-order valence-electron chi connectivity index (χ2n) is 6.18. The maximum atomic E-state index is 12.8. The number of thiophene rings is 1. The summed E-state index contributed by atoms with van der Waals surface area (Å²) in [5.74, 6) is 0.558. The highest BCUT2D eigenvalue weighted by atomic mass is 79.9. The Kier molecular flexibility index (Phi) is 6.87. The molecule has 6 heteroatoms. The average Bonchev–Trinajstić information content (AvgIpc) is 3.05. The summed E-state index contributed by atoms with van der Waals surface area (Å²) in [5, 5.41) is 0. The molecule has 3 rings (SSSR count). The van der Waals surface area contributed by atoms with Crippen LogP contribution in [0, 0.1) is 5.92 Å². The highest BCUT2D eigenvalue weighted by Crippen LogP contribution is 2.30. The lowest BCUT2D eigenvalue weighted by Gasteiger charge is -2.34. The van der Waals surface area contributed by atoms with Gasteiger partial charge in [0.2, 0.25) is 0 Å². The van der Waals surface area contributed by atoms with E-state index in [1.807, 2.05) is 36.1 Å². The molecule has 1 aromatic carbocycles. The molecule has 2 aromatic rings. The minimum atomic E-state index is 0. The quantitative estimate of drug-likeness (QED) is 0.762. The van der Waals surface area contributed by atoms with Crippen molar-refractivity contribution < 1.29 is 4.79 Å². The van der Waals surface area contributed by atoms with Gasteiger partial charge in [-0.3, -0.25) is 4.79 Å². The van der Waals surface area contributed by atoms with Crippen LogP contribution in [0.2, 0.25) is 0 Å². The fourth-order valence-electron chi connectivity index (χ4n) is 3.00. The Balaban J connectivity index is 0.00000208. The number of carbonyl (C=O) groups is 1. The molecule has 1 fully saturated rings. The van der Waals surface area contributed by atoms with Gasteiger partial charge in [-0.05, 0) is 55.5 Å². The standard InChI is InChI=1S/C18H21BrN2OS.ClH/c1-12(20)14-3-2-10-21(11-14)18(22)17-9-8-16(23-17)13-4-6-15(19)7-5-13;/h4-9,12,14H,2-3,10-11,20H2,1H3;1H. The van der Waals surface area contributed by atoms with Crippen molar-refractivity contribution in [3.63, 3.8) is 0 Å². The molecule has 2 heterocycles. The Labute approximate surface area is 161 Å². The summed E-state index contributed by atoms with van der Waals surface area (Å²) in [6, 6.07) is 12.3. The molecule has 2 unspecified atom stereocenters. The van der Waals surface area contributed by atoms with Crippen LogP contribution in [0.4, 0.5) is 0 Å². The van der Waals surface area contributed by atoms with Gasteiger partial charge in [0.1, 0.15) is 0 Å². The van der Waals surface area contributed by atoms with Gasteiger partial charge >= 0.3 is 0 Å². The van der Waals surface area contributed by atoms with Crippen molar-refractivity contribution in [1.82, 2.24) is 4.90 Å². The number of carbonyl (C=O) groups excluding carboxylic acids is 1. The molecule has 1 saturated heterocycles. The second kappa shape index (κ2) is 8.48. The van der Waals surface area contributed by atoms with Crippen molar-refractivity contribution >= 4 is 45.6 Å². The Morgan fingerprint density at radius 3 is 2.67 bits per heavy atom. The Morgan fingerprint density at radius 1 is 1.29 bits per heavy atom. The second-order valence-corrected chi connectivity index (χ2v) is 8.18. The van der Waals surface area contributed by atoms with Crippen LogP contribution in [-0.2, 0) is 0 Å². The first-order valence-corrected chi connectivity index (χ1v) is 9.56. The van der Waals surface area contributed by atoms with Crippen LogP contribution in [0.3, 0.4) is 0 Å². The largest absolute Gasteiger partial charge is 0.338 e. The van der Waals surface area contributed by atoms with E-state index in [2.05, 4.69) is 28.1 Å². The number of piperidine rings is 1. The van der Waals surface area contributed by atoms with E-state index in [9.17, 15) is 4.79 Å². The molecular formula is C18H22BrClN2OS. The minimum absolute atomic E-state index is 0. The summed E-state index contributed by atoms with van der Waals surface area (Å²) in [6.45, 7) is 3.66. The van der Waals surface area contributed by atoms with E-state index in [1.165, 1.54) is 0 Å². The van der Waals surface area contributed by atoms with E-state index in [1.54, 1.807) is 11.3 Å². The molecule has 1 amide bonds. The summed E-state index contributed by atoms with van der Waals surface area (Å²) in [4.78, 5) is 16.7. The lowest BCUT2D eigenvalue weighted by atomic mass is 9.92. The number of nitrogens with zero attached hydrogens (tertiary/aromatic N) is 1. The monoisotopic (exact) mass is 428 g/mol. The number of hydrogen-bond donors (Lipinski definition) is 1. The molecular weight excluding hydrogens is 408 g/mol. The van der Waals surface area contributed by atoms with Crippen LogP contribution in [0.15, 0.2) is 40.9 Å². The van der Waals surface area contributed by atoms with E-state index in [4.69, 9.17) is 5.73 Å². The zero-order chi connectivity index (χ0) is 16.4. The summed E-state index contributed by atoms with van der Waals surface area (Å²) < 4.78 is 1.06. The molecule has 0 aliphatic carbocycles. The lowest BCUT2D eigenvalue weighted by molar-refractivity contribution is 0.0666. The lowest BCUT2D eigenvalue weighted by Crippen LogP contribution is -2.44. The zero-order valence-corrected chi connectivity index (χ0v) is 16.8. The van der Waals surface area contributed by atoms with Gasteiger partial charge in [0.05, 0.1) is 4.88 Å². The van der Waals surface area contributed by atoms with E-state index in [0.29, 0.717) is 5.92 Å². The van der Waals surface area contributed by atoms with Gasteiger partial charge in [-0.1, -0.05) is 28.1 Å². The third-order valence-corrected chi connectivity index (χ3v) is 6.09. The first kappa shape index (κ1) is 19.4. The molecule has 1 aliphatic heterocycles. The predicted octanol–water partition coefficient (Wildman–Crippen LogP) is 4.80. The smallest absolute Gasteiger partial charge is 0.263 e. The van der Waals surface area contributed by atoms with Gasteiger partial charge < -0.3 is 10.6 Å². The van der Waals surface area contributed by atoms with Crippen LogP contribution in [-0.4, -0.2) is 29.9 Å². The summed E-state index contributed by atoms with van der Waals surface area (Å²) in [6.07, 6.45) is 2.17. The number of hydrogen-bond acceptors (Lipinski definition) is 3. The SMILES string of the molecule is CC(N)C1CCCN(C(=O)c2ccc(-c3ccc(Br)cc3)s2)C1.Cl. The maximum Gasteiger partial charge on any atom is 0.263 e. The van der Waals surface area contributed by atoms with E-state index in [0.717, 1.165) is 45.7 Å². The predicted molar refractivity (Wildman–Crippen MR) is 107 cm³/mol. The highest BCUT2D eigenvalue weighted by molar-refractivity contribution is 9.10. The first-order chi connectivity index (χ1) is 11.0. The molecule has 130 valence electrons. The molecule has 3 nitrogen and oxygen atoms in total. The fourth-order valence-corrected chi connectivity index (χ4v) is 4.25. The first-order valence-electron chi connectivity index (χ1n) is 7.95. The Bertz CT molecular complexity index is 687. The molecule has 0 saturated carbocycles. The van der Waals surface area contributed by atoms with Gasteiger partial charge in [0, 0.05) is 28.5 Å². The molecule has 0 radical (unpaired) electrons.